The van der Waals surface area contributed by atoms with E-state index >= 15 is 0 Å². The van der Waals surface area contributed by atoms with E-state index in [0.29, 0.717) is 0 Å². The van der Waals surface area contributed by atoms with E-state index in [0.717, 1.165) is 56.9 Å². The molecule has 0 amide bonds. The molecule has 7 aromatic carbocycles. The molecule has 2 heterocycles. The fourth-order valence-corrected chi connectivity index (χ4v) is 6.87. The topological polar surface area (TPSA) is 32.3 Å². The maximum Gasteiger partial charge on any atom is 0.138 e. The maximum atomic E-state index is 5.18. The molecule has 0 radical (unpaired) electrons. The molecule has 9 rings (SSSR count). The Kier molecular flexibility index (Phi) is 8.16. The third-order valence-corrected chi connectivity index (χ3v) is 9.37. The highest BCUT2D eigenvalue weighted by Gasteiger charge is 2.16. The summed E-state index contributed by atoms with van der Waals surface area (Å²) < 4.78 is 0. The Morgan fingerprint density at radius 3 is 0.962 bits per heavy atom. The molecule has 0 aliphatic heterocycles. The largest absolute Gasteiger partial charge is 0.295 e. The molecule has 52 heavy (non-hydrogen) atoms. The smallest absolute Gasteiger partial charge is 0.138 e. The molecule has 0 spiro atoms. The van der Waals surface area contributed by atoms with Crippen LogP contribution in [0.15, 0.2) is 206 Å². The second kappa shape index (κ2) is 13.7. The second-order valence-electron chi connectivity index (χ2n) is 12.8. The zero-order valence-electron chi connectivity index (χ0n) is 28.4. The number of para-hydroxylation sites is 4. The number of rotatable bonds is 8. The normalized spacial score (nSPS) is 11.1. The Hall–Kier alpha value is -7.04. The molecular weight excluding hydrogens is 633 g/mol. The van der Waals surface area contributed by atoms with Gasteiger partial charge in [-0.1, -0.05) is 109 Å². The van der Waals surface area contributed by atoms with Gasteiger partial charge in [0, 0.05) is 33.9 Å². The van der Waals surface area contributed by atoms with Gasteiger partial charge in [0.05, 0.1) is 11.4 Å². The van der Waals surface area contributed by atoms with Crippen LogP contribution in [0.1, 0.15) is 0 Å². The molecule has 4 heteroatoms. The lowest BCUT2D eigenvalue weighted by Crippen LogP contribution is -2.11. The number of fused-ring (bicyclic) bond motifs is 2. The fourth-order valence-electron chi connectivity index (χ4n) is 6.87. The van der Waals surface area contributed by atoms with Gasteiger partial charge in [-0.2, -0.15) is 0 Å². The van der Waals surface area contributed by atoms with E-state index in [2.05, 4.69) is 192 Å². The van der Waals surface area contributed by atoms with Crippen LogP contribution in [0.5, 0.6) is 0 Å². The molecule has 0 fully saturated rings. The van der Waals surface area contributed by atoms with Crippen molar-refractivity contribution in [1.29, 1.82) is 0 Å². The second-order valence-corrected chi connectivity index (χ2v) is 12.8. The van der Waals surface area contributed by atoms with Crippen LogP contribution < -0.4 is 9.80 Å². The van der Waals surface area contributed by atoms with Gasteiger partial charge < -0.3 is 0 Å². The summed E-state index contributed by atoms with van der Waals surface area (Å²) in [6.45, 7) is 0. The van der Waals surface area contributed by atoms with Gasteiger partial charge in [-0.25, -0.2) is 9.97 Å². The molecule has 246 valence electrons. The van der Waals surface area contributed by atoms with Crippen molar-refractivity contribution < 1.29 is 0 Å². The van der Waals surface area contributed by atoms with Crippen LogP contribution >= 0.6 is 0 Å². The molecule has 0 unspecified atom stereocenters. The van der Waals surface area contributed by atoms with Crippen molar-refractivity contribution in [2.45, 2.75) is 0 Å². The van der Waals surface area contributed by atoms with Gasteiger partial charge >= 0.3 is 0 Å². The Morgan fingerprint density at radius 1 is 0.269 bits per heavy atom. The first-order chi connectivity index (χ1) is 25.8. The van der Waals surface area contributed by atoms with Crippen LogP contribution in [0.3, 0.4) is 0 Å². The lowest BCUT2D eigenvalue weighted by Gasteiger charge is -2.24. The standard InChI is InChI=1S/C48H34N4/c1-5-15-41(16-6-1)51(42-17-7-2-8-18-42)47-25-13-23-45(49-47)37-29-27-35-32-40-34-38(30-28-36(40)31-39(35)33-37)46-24-14-26-48(50-46)52(43-19-9-3-10-20-43)44-21-11-4-12-22-44/h1-34H. The fraction of sp³-hybridized carbons (Fsp3) is 0. The predicted molar refractivity (Wildman–Crippen MR) is 217 cm³/mol. The number of hydrogen-bond acceptors (Lipinski definition) is 4. The van der Waals surface area contributed by atoms with Crippen LogP contribution in [-0.4, -0.2) is 9.97 Å². The van der Waals surface area contributed by atoms with E-state index in [4.69, 9.17) is 9.97 Å². The summed E-state index contributed by atoms with van der Waals surface area (Å²) in [5.74, 6) is 1.74. The third-order valence-electron chi connectivity index (χ3n) is 9.37. The highest BCUT2D eigenvalue weighted by molar-refractivity contribution is 6.01. The van der Waals surface area contributed by atoms with E-state index in [1.165, 1.54) is 21.5 Å². The summed E-state index contributed by atoms with van der Waals surface area (Å²) in [7, 11) is 0. The minimum atomic E-state index is 0.870. The van der Waals surface area contributed by atoms with Crippen molar-refractivity contribution in [2.75, 3.05) is 9.80 Å². The molecule has 9 aromatic rings. The minimum absolute atomic E-state index is 0.870. The molecule has 0 atom stereocenters. The average molecular weight is 667 g/mol. The van der Waals surface area contributed by atoms with Crippen LogP contribution in [0.4, 0.5) is 34.4 Å². The number of benzene rings is 7. The van der Waals surface area contributed by atoms with Gasteiger partial charge in [-0.15, -0.1) is 0 Å². The zero-order chi connectivity index (χ0) is 34.7. The molecule has 0 bridgehead atoms. The molecule has 4 nitrogen and oxygen atoms in total. The van der Waals surface area contributed by atoms with Gasteiger partial charge in [-0.3, -0.25) is 9.80 Å². The SMILES string of the molecule is c1ccc(N(c2ccccc2)c2cccc(-c3ccc4cc5cc(-c6cccc(N(c7ccccc7)c7ccccc7)n6)ccc5cc4c3)n2)cc1. The Balaban J connectivity index is 1.05. The first-order valence-electron chi connectivity index (χ1n) is 17.5. The van der Waals surface area contributed by atoms with Crippen molar-refractivity contribution in [1.82, 2.24) is 9.97 Å². The Morgan fingerprint density at radius 2 is 0.615 bits per heavy atom. The van der Waals surface area contributed by atoms with Crippen LogP contribution in [0.2, 0.25) is 0 Å². The van der Waals surface area contributed by atoms with E-state index in [1.807, 2.05) is 24.3 Å². The first kappa shape index (κ1) is 31.0. The summed E-state index contributed by atoms with van der Waals surface area (Å²) >= 11 is 0. The summed E-state index contributed by atoms with van der Waals surface area (Å²) in [6, 6.07) is 71.9. The van der Waals surface area contributed by atoms with Crippen molar-refractivity contribution in [3.05, 3.63) is 206 Å². The average Bonchev–Trinajstić information content (AvgIpc) is 3.22. The zero-order valence-corrected chi connectivity index (χ0v) is 28.4. The number of anilines is 6. The highest BCUT2D eigenvalue weighted by atomic mass is 15.2. The number of hydrogen-bond donors (Lipinski definition) is 0. The van der Waals surface area contributed by atoms with E-state index in [9.17, 15) is 0 Å². The highest BCUT2D eigenvalue weighted by Crippen LogP contribution is 2.37. The van der Waals surface area contributed by atoms with E-state index in [1.54, 1.807) is 0 Å². The molecule has 0 saturated heterocycles. The van der Waals surface area contributed by atoms with Crippen LogP contribution in [0, 0.1) is 0 Å². The van der Waals surface area contributed by atoms with E-state index < -0.39 is 0 Å². The summed E-state index contributed by atoms with van der Waals surface area (Å²) in [6.07, 6.45) is 0. The summed E-state index contributed by atoms with van der Waals surface area (Å²) in [5, 5.41) is 4.71. The molecular formula is C48H34N4. The molecule has 2 aromatic heterocycles. The van der Waals surface area contributed by atoms with Gasteiger partial charge in [-0.05, 0) is 119 Å². The summed E-state index contributed by atoms with van der Waals surface area (Å²) in [4.78, 5) is 14.8. The van der Waals surface area contributed by atoms with Gasteiger partial charge in [0.1, 0.15) is 11.6 Å². The van der Waals surface area contributed by atoms with Crippen molar-refractivity contribution in [3.8, 4) is 22.5 Å². The molecule has 0 aliphatic rings. The van der Waals surface area contributed by atoms with Crippen molar-refractivity contribution >= 4 is 55.9 Å². The number of pyridine rings is 2. The lowest BCUT2D eigenvalue weighted by molar-refractivity contribution is 1.18. The number of nitrogens with zero attached hydrogens (tertiary/aromatic N) is 4. The predicted octanol–water partition coefficient (Wildman–Crippen LogP) is 13.1. The van der Waals surface area contributed by atoms with Crippen molar-refractivity contribution in [2.24, 2.45) is 0 Å². The minimum Gasteiger partial charge on any atom is -0.295 e. The van der Waals surface area contributed by atoms with Crippen LogP contribution in [-0.2, 0) is 0 Å². The molecule has 0 saturated carbocycles. The third kappa shape index (κ3) is 6.14. The monoisotopic (exact) mass is 666 g/mol. The Bertz CT molecular complexity index is 2360. The van der Waals surface area contributed by atoms with Gasteiger partial charge in [0.15, 0.2) is 0 Å². The molecule has 0 aliphatic carbocycles. The lowest BCUT2D eigenvalue weighted by atomic mass is 9.98. The van der Waals surface area contributed by atoms with E-state index in [-0.39, 0.29) is 0 Å². The summed E-state index contributed by atoms with van der Waals surface area (Å²) in [5.41, 5.74) is 8.27. The van der Waals surface area contributed by atoms with Gasteiger partial charge in [0.25, 0.3) is 0 Å². The first-order valence-corrected chi connectivity index (χ1v) is 17.5. The number of aromatic nitrogens is 2. The molecule has 0 N–H and O–H groups in total. The Labute approximate surface area is 303 Å². The van der Waals surface area contributed by atoms with Gasteiger partial charge in [0.2, 0.25) is 0 Å². The quantitative estimate of drug-likeness (QED) is 0.151. The van der Waals surface area contributed by atoms with Crippen LogP contribution in [0.25, 0.3) is 44.1 Å². The maximum absolute atomic E-state index is 5.18. The van der Waals surface area contributed by atoms with Crippen molar-refractivity contribution in [3.63, 3.8) is 0 Å².